The first-order valence-electron chi connectivity index (χ1n) is 15.4. The van der Waals surface area contributed by atoms with Crippen LogP contribution in [0.4, 0.5) is 4.79 Å². The fourth-order valence-corrected chi connectivity index (χ4v) is 4.92. The molecule has 0 bridgehead atoms. The number of hydrogen-bond acceptors (Lipinski definition) is 14. The van der Waals surface area contributed by atoms with Gasteiger partial charge < -0.3 is 43.3 Å². The van der Waals surface area contributed by atoms with E-state index in [4.69, 9.17) is 43.3 Å². The number of carbonyl (C=O) groups is 5. The molecule has 3 aromatic rings. The van der Waals surface area contributed by atoms with Crippen molar-refractivity contribution in [3.63, 3.8) is 0 Å². The lowest BCUT2D eigenvalue weighted by molar-refractivity contribution is -0.135. The van der Waals surface area contributed by atoms with Crippen molar-refractivity contribution < 1.29 is 61.9 Å². The molecule has 0 aromatic heterocycles. The number of esters is 4. The van der Waals surface area contributed by atoms with E-state index in [-0.39, 0.29) is 49.1 Å². The third-order valence-corrected chi connectivity index (χ3v) is 7.48. The predicted octanol–water partition coefficient (Wildman–Crippen LogP) is 4.25. The summed E-state index contributed by atoms with van der Waals surface area (Å²) < 4.78 is 42.9. The molecule has 14 nitrogen and oxygen atoms in total. The van der Waals surface area contributed by atoms with Crippen molar-refractivity contribution in [3.05, 3.63) is 95.1 Å². The summed E-state index contributed by atoms with van der Waals surface area (Å²) in [5.74, 6) is -2.22. The van der Waals surface area contributed by atoms with Crippen LogP contribution < -0.4 is 9.47 Å². The molecule has 2 saturated heterocycles. The first-order valence-corrected chi connectivity index (χ1v) is 15.4. The van der Waals surface area contributed by atoms with Gasteiger partial charge in [-0.2, -0.15) is 0 Å². The van der Waals surface area contributed by atoms with Crippen LogP contribution in [0, 0.1) is 12.3 Å². The molecular formula is C35H33NO13. The van der Waals surface area contributed by atoms with Gasteiger partial charge in [-0.1, -0.05) is 17.7 Å². The number of hydrogen-bond donors (Lipinski definition) is 1. The van der Waals surface area contributed by atoms with Crippen LogP contribution in [0.3, 0.4) is 0 Å². The molecule has 1 N–H and O–H groups in total. The molecule has 5 rings (SSSR count). The first kappa shape index (κ1) is 34.7. The summed E-state index contributed by atoms with van der Waals surface area (Å²) in [5.41, 5.74) is 1.83. The summed E-state index contributed by atoms with van der Waals surface area (Å²) in [6, 6.07) is 18.4. The quantitative estimate of drug-likeness (QED) is 0.0678. The maximum absolute atomic E-state index is 12.9. The zero-order chi connectivity index (χ0) is 34.8. The van der Waals surface area contributed by atoms with Gasteiger partial charge in [-0.15, -0.1) is 0 Å². The summed E-state index contributed by atoms with van der Waals surface area (Å²) in [6.07, 6.45) is -2.01. The second kappa shape index (κ2) is 16.5. The number of ether oxygens (including phenoxy) is 8. The molecule has 14 heteroatoms. The van der Waals surface area contributed by atoms with E-state index in [2.05, 4.69) is 0 Å². The molecule has 0 spiro atoms. The first-order chi connectivity index (χ1) is 23.7. The van der Waals surface area contributed by atoms with Crippen LogP contribution in [0.15, 0.2) is 72.8 Å². The minimum Gasteiger partial charge on any atom is -0.461 e. The standard InChI is InChI=1S/C35H33NO13/c1-21-4-6-22(7-5-21)33(39)48-27-19-44-31-28(20-45-30(27)31)49-34(40)24-8-12-25(13-9-24)46-32(38)23-10-14-26(15-11-23)47-35(41)43-17-3-2-16-42-29(37)18-36/h4-15,18,27-28,30-31,36H,2-3,16-17,19-20H2,1H3/t27-,28+,30+,31+/m0/s1. The molecule has 0 amide bonds. The second-order valence-electron chi connectivity index (χ2n) is 11.0. The number of aryl methyl sites for hydroxylation is 1. The number of benzene rings is 3. The Bertz CT molecular complexity index is 1650. The largest absolute Gasteiger partial charge is 0.513 e. The van der Waals surface area contributed by atoms with Gasteiger partial charge in [0.05, 0.1) is 43.1 Å². The van der Waals surface area contributed by atoms with Crippen LogP contribution in [0.25, 0.3) is 0 Å². The molecular weight excluding hydrogens is 642 g/mol. The number of fused-ring (bicyclic) bond motifs is 1. The van der Waals surface area contributed by atoms with Gasteiger partial charge in [-0.25, -0.2) is 24.0 Å². The van der Waals surface area contributed by atoms with E-state index in [9.17, 15) is 24.0 Å². The average Bonchev–Trinajstić information content (AvgIpc) is 3.69. The third kappa shape index (κ3) is 9.49. The molecule has 0 unspecified atom stereocenters. The van der Waals surface area contributed by atoms with Gasteiger partial charge in [-0.05, 0) is 80.4 Å². The zero-order valence-corrected chi connectivity index (χ0v) is 26.4. The second-order valence-corrected chi connectivity index (χ2v) is 11.0. The van der Waals surface area contributed by atoms with Crippen molar-refractivity contribution in [3.8, 4) is 11.5 Å². The smallest absolute Gasteiger partial charge is 0.461 e. The Morgan fingerprint density at radius 2 is 1.10 bits per heavy atom. The monoisotopic (exact) mass is 675 g/mol. The van der Waals surface area contributed by atoms with Gasteiger partial charge >= 0.3 is 30.0 Å². The van der Waals surface area contributed by atoms with E-state index in [0.717, 1.165) is 5.56 Å². The Hall–Kier alpha value is -5.60. The minimum atomic E-state index is -0.940. The lowest BCUT2D eigenvalue weighted by Crippen LogP contribution is -2.36. The van der Waals surface area contributed by atoms with E-state index in [1.54, 1.807) is 12.1 Å². The highest BCUT2D eigenvalue weighted by atomic mass is 16.7. The van der Waals surface area contributed by atoms with Crippen LogP contribution in [0.2, 0.25) is 0 Å². The van der Waals surface area contributed by atoms with Crippen molar-refractivity contribution in [1.29, 1.82) is 5.41 Å². The molecule has 2 heterocycles. The summed E-state index contributed by atoms with van der Waals surface area (Å²) in [4.78, 5) is 60.8. The lowest BCUT2D eigenvalue weighted by Gasteiger charge is -2.17. The van der Waals surface area contributed by atoms with Crippen molar-refractivity contribution in [2.75, 3.05) is 26.4 Å². The predicted molar refractivity (Wildman–Crippen MR) is 168 cm³/mol. The summed E-state index contributed by atoms with van der Waals surface area (Å²) in [7, 11) is 0. The van der Waals surface area contributed by atoms with Gasteiger partial charge in [0.2, 0.25) is 0 Å². The highest BCUT2D eigenvalue weighted by molar-refractivity contribution is 6.21. The minimum absolute atomic E-state index is 0.0424. The number of rotatable bonds is 13. The Kier molecular flexibility index (Phi) is 11.7. The van der Waals surface area contributed by atoms with Crippen LogP contribution in [0.5, 0.6) is 11.5 Å². The molecule has 256 valence electrons. The van der Waals surface area contributed by atoms with Crippen molar-refractivity contribution in [2.24, 2.45) is 0 Å². The van der Waals surface area contributed by atoms with Gasteiger partial charge in [0.15, 0.2) is 12.2 Å². The molecule has 3 aromatic carbocycles. The highest BCUT2D eigenvalue weighted by Gasteiger charge is 2.51. The molecule has 2 fully saturated rings. The fourth-order valence-electron chi connectivity index (χ4n) is 4.92. The summed E-state index contributed by atoms with van der Waals surface area (Å²) in [5, 5.41) is 6.73. The molecule has 49 heavy (non-hydrogen) atoms. The molecule has 2 aliphatic rings. The maximum atomic E-state index is 12.9. The van der Waals surface area contributed by atoms with Gasteiger partial charge in [0.1, 0.15) is 29.9 Å². The fraction of sp³-hybridized carbons (Fsp3) is 0.314. The topological polar surface area (TPSA) is 183 Å². The Morgan fingerprint density at radius 1 is 0.653 bits per heavy atom. The van der Waals surface area contributed by atoms with Gasteiger partial charge in [0, 0.05) is 0 Å². The van der Waals surface area contributed by atoms with Gasteiger partial charge in [0.25, 0.3) is 0 Å². The maximum Gasteiger partial charge on any atom is 0.513 e. The van der Waals surface area contributed by atoms with Crippen molar-refractivity contribution in [2.45, 2.75) is 44.2 Å². The zero-order valence-electron chi connectivity index (χ0n) is 26.4. The summed E-state index contributed by atoms with van der Waals surface area (Å²) >= 11 is 0. The highest BCUT2D eigenvalue weighted by Crippen LogP contribution is 2.31. The molecule has 0 saturated carbocycles. The Balaban J connectivity index is 1.03. The van der Waals surface area contributed by atoms with Crippen LogP contribution >= 0.6 is 0 Å². The van der Waals surface area contributed by atoms with E-state index < -0.39 is 54.4 Å². The van der Waals surface area contributed by atoms with Crippen LogP contribution in [-0.4, -0.2) is 87.1 Å². The Morgan fingerprint density at radius 3 is 1.61 bits per heavy atom. The molecule has 0 radical (unpaired) electrons. The lowest BCUT2D eigenvalue weighted by atomic mass is 10.1. The third-order valence-electron chi connectivity index (χ3n) is 7.48. The van der Waals surface area contributed by atoms with Crippen molar-refractivity contribution in [1.82, 2.24) is 0 Å². The molecule has 0 aliphatic carbocycles. The number of nitrogens with one attached hydrogen (secondary N) is 1. The van der Waals surface area contributed by atoms with E-state index in [1.165, 1.54) is 48.5 Å². The van der Waals surface area contributed by atoms with E-state index in [1.807, 2.05) is 19.1 Å². The van der Waals surface area contributed by atoms with E-state index >= 15 is 0 Å². The molecule has 2 aliphatic heterocycles. The summed E-state index contributed by atoms with van der Waals surface area (Å²) in [6.45, 7) is 2.25. The molecule has 4 atom stereocenters. The SMILES string of the molecule is Cc1ccc(C(=O)O[C@H]2CO[C@H]3[C@@H]2OC[C@H]3OC(=O)c2ccc(OC(=O)c3ccc(OC(=O)OCCCCOC(=O)C=N)cc3)cc2)cc1. The average molecular weight is 676 g/mol. The van der Waals surface area contributed by atoms with Crippen molar-refractivity contribution >= 4 is 36.2 Å². The van der Waals surface area contributed by atoms with E-state index in [0.29, 0.717) is 24.6 Å². The normalized spacial score (nSPS) is 19.2. The van der Waals surface area contributed by atoms with Gasteiger partial charge in [-0.3, -0.25) is 0 Å². The Labute approximate surface area is 280 Å². The number of carbonyl (C=O) groups excluding carboxylic acids is 5. The van der Waals surface area contributed by atoms with Crippen LogP contribution in [0.1, 0.15) is 49.5 Å². The number of unbranched alkanes of at least 4 members (excludes halogenated alkanes) is 1. The van der Waals surface area contributed by atoms with Crippen LogP contribution in [-0.2, 0) is 33.2 Å².